The Morgan fingerprint density at radius 1 is 1.19 bits per heavy atom. The first kappa shape index (κ1) is 27.3. The van der Waals surface area contributed by atoms with Gasteiger partial charge in [0.15, 0.2) is 26.5 Å². The summed E-state index contributed by atoms with van der Waals surface area (Å²) < 4.78 is 50.4. The lowest BCUT2D eigenvalue weighted by atomic mass is 10.1. The first-order valence-electron chi connectivity index (χ1n) is 11.2. The normalized spacial score (nSPS) is 14.2. The Hall–Kier alpha value is -2.73. The standard InChI is InChI=1S/C24H21Cl2FN2O6S2/c1-2-34-20(30)12-18-22(26)36-24(28-18)29-23(31)21(35-19-10-5-14(25)11-17(19)27)13-3-6-15(7-4-13)37(32,33)16-8-9-16/h3-7,10-11,16,21H,2,8-9,12H2,1H3,(H,28,29,31). The van der Waals surface area contributed by atoms with Crippen molar-refractivity contribution in [2.24, 2.45) is 0 Å². The van der Waals surface area contributed by atoms with Crippen LogP contribution in [0.3, 0.4) is 0 Å². The van der Waals surface area contributed by atoms with Crippen LogP contribution in [0.2, 0.25) is 9.36 Å². The largest absolute Gasteiger partial charge is 0.473 e. The van der Waals surface area contributed by atoms with E-state index in [0.717, 1.165) is 17.4 Å². The molecule has 37 heavy (non-hydrogen) atoms. The second-order valence-electron chi connectivity index (χ2n) is 8.10. The number of rotatable bonds is 10. The number of ether oxygens (including phenoxy) is 2. The molecule has 0 aliphatic heterocycles. The third-order valence-corrected chi connectivity index (χ3v) is 9.11. The molecule has 1 aliphatic rings. The first-order chi connectivity index (χ1) is 17.6. The van der Waals surface area contributed by atoms with Gasteiger partial charge in [0.05, 0.1) is 28.9 Å². The van der Waals surface area contributed by atoms with Gasteiger partial charge in [-0.3, -0.25) is 14.9 Å². The zero-order valence-electron chi connectivity index (χ0n) is 19.4. The fraction of sp³-hybridized carbons (Fsp3) is 0.292. The summed E-state index contributed by atoms with van der Waals surface area (Å²) >= 11 is 12.9. The number of carbonyl (C=O) groups is 2. The predicted octanol–water partition coefficient (Wildman–Crippen LogP) is 5.39. The van der Waals surface area contributed by atoms with Crippen molar-refractivity contribution in [3.63, 3.8) is 0 Å². The van der Waals surface area contributed by atoms with Gasteiger partial charge in [0.1, 0.15) is 4.34 Å². The van der Waals surface area contributed by atoms with E-state index in [9.17, 15) is 22.4 Å². The van der Waals surface area contributed by atoms with Gasteiger partial charge in [-0.2, -0.15) is 0 Å². The molecule has 1 atom stereocenters. The molecule has 0 radical (unpaired) electrons. The third kappa shape index (κ3) is 6.59. The second-order valence-corrected chi connectivity index (χ2v) is 12.4. The van der Waals surface area contributed by atoms with Gasteiger partial charge in [-0.05, 0) is 50.1 Å². The number of nitrogens with one attached hydrogen (secondary N) is 1. The molecule has 0 bridgehead atoms. The minimum atomic E-state index is -3.44. The lowest BCUT2D eigenvalue weighted by Crippen LogP contribution is -2.26. The number of anilines is 1. The van der Waals surface area contributed by atoms with Gasteiger partial charge in [-0.15, -0.1) is 0 Å². The molecule has 1 saturated carbocycles. The van der Waals surface area contributed by atoms with Gasteiger partial charge >= 0.3 is 5.97 Å². The molecule has 0 spiro atoms. The average Bonchev–Trinajstić information content (AvgIpc) is 3.65. The predicted molar refractivity (Wildman–Crippen MR) is 138 cm³/mol. The number of amides is 1. The molecule has 1 amide bonds. The highest BCUT2D eigenvalue weighted by Gasteiger charge is 2.37. The highest BCUT2D eigenvalue weighted by molar-refractivity contribution is 7.92. The molecule has 1 aromatic heterocycles. The van der Waals surface area contributed by atoms with E-state index in [0.29, 0.717) is 12.8 Å². The van der Waals surface area contributed by atoms with Crippen molar-refractivity contribution in [2.45, 2.75) is 42.4 Å². The molecule has 1 aliphatic carbocycles. The van der Waals surface area contributed by atoms with Gasteiger partial charge in [0, 0.05) is 10.6 Å². The van der Waals surface area contributed by atoms with Gasteiger partial charge in [-0.1, -0.05) is 46.7 Å². The van der Waals surface area contributed by atoms with E-state index in [1.807, 2.05) is 0 Å². The number of carbonyl (C=O) groups excluding carboxylic acids is 2. The van der Waals surface area contributed by atoms with Crippen LogP contribution in [0.25, 0.3) is 0 Å². The molecule has 1 unspecified atom stereocenters. The van der Waals surface area contributed by atoms with E-state index in [-0.39, 0.29) is 49.4 Å². The van der Waals surface area contributed by atoms with Crippen molar-refractivity contribution in [1.29, 1.82) is 0 Å². The molecule has 8 nitrogen and oxygen atoms in total. The number of nitrogens with zero attached hydrogens (tertiary/aromatic N) is 1. The second kappa shape index (κ2) is 11.3. The van der Waals surface area contributed by atoms with Crippen molar-refractivity contribution in [3.8, 4) is 5.75 Å². The van der Waals surface area contributed by atoms with Crippen LogP contribution in [0, 0.1) is 5.82 Å². The molecule has 1 fully saturated rings. The quantitative estimate of drug-likeness (QED) is 0.317. The van der Waals surface area contributed by atoms with Crippen LogP contribution in [0.5, 0.6) is 5.75 Å². The van der Waals surface area contributed by atoms with Crippen molar-refractivity contribution in [1.82, 2.24) is 4.98 Å². The fourth-order valence-electron chi connectivity index (χ4n) is 3.39. The summed E-state index contributed by atoms with van der Waals surface area (Å²) in [5, 5.41) is 2.41. The van der Waals surface area contributed by atoms with Crippen molar-refractivity contribution < 1.29 is 31.9 Å². The molecule has 1 heterocycles. The molecular weight excluding hydrogens is 566 g/mol. The van der Waals surface area contributed by atoms with Gasteiger partial charge < -0.3 is 9.47 Å². The summed E-state index contributed by atoms with van der Waals surface area (Å²) in [7, 11) is -3.44. The van der Waals surface area contributed by atoms with E-state index in [1.54, 1.807) is 6.92 Å². The van der Waals surface area contributed by atoms with Gasteiger partial charge in [0.2, 0.25) is 6.10 Å². The van der Waals surface area contributed by atoms with Crippen molar-refractivity contribution in [3.05, 3.63) is 68.9 Å². The SMILES string of the molecule is CCOC(=O)Cc1nc(NC(=O)C(Oc2ccc(Cl)cc2F)c2ccc(S(=O)(=O)C3CC3)cc2)sc1Cl. The maximum atomic E-state index is 14.5. The summed E-state index contributed by atoms with van der Waals surface area (Å²) in [5.74, 6) is -2.26. The van der Waals surface area contributed by atoms with Crippen molar-refractivity contribution in [2.75, 3.05) is 11.9 Å². The van der Waals surface area contributed by atoms with E-state index < -0.39 is 38.9 Å². The van der Waals surface area contributed by atoms with Gasteiger partial charge in [0.25, 0.3) is 5.91 Å². The van der Waals surface area contributed by atoms with E-state index in [1.165, 1.54) is 36.4 Å². The molecule has 4 rings (SSSR count). The molecular formula is C24H21Cl2FN2O6S2. The average molecular weight is 587 g/mol. The maximum Gasteiger partial charge on any atom is 0.311 e. The van der Waals surface area contributed by atoms with Crippen LogP contribution < -0.4 is 10.1 Å². The summed E-state index contributed by atoms with van der Waals surface area (Å²) in [6.45, 7) is 1.87. The topological polar surface area (TPSA) is 112 Å². The highest BCUT2D eigenvalue weighted by Crippen LogP contribution is 2.35. The van der Waals surface area contributed by atoms with E-state index in [4.69, 9.17) is 32.7 Å². The number of aromatic nitrogens is 1. The van der Waals surface area contributed by atoms with Crippen LogP contribution in [-0.4, -0.2) is 37.1 Å². The number of sulfone groups is 1. The first-order valence-corrected chi connectivity index (χ1v) is 14.3. The molecule has 196 valence electrons. The van der Waals surface area contributed by atoms with Crippen molar-refractivity contribution >= 4 is 61.4 Å². The highest BCUT2D eigenvalue weighted by atomic mass is 35.5. The number of halogens is 3. The Morgan fingerprint density at radius 3 is 2.51 bits per heavy atom. The number of thiazole rings is 1. The molecule has 2 aromatic carbocycles. The number of benzene rings is 2. The summed E-state index contributed by atoms with van der Waals surface area (Å²) in [5.41, 5.74) is 0.507. The van der Waals surface area contributed by atoms with Crippen LogP contribution in [0.15, 0.2) is 47.4 Å². The molecule has 13 heteroatoms. The number of hydrogen-bond donors (Lipinski definition) is 1. The third-order valence-electron chi connectivity index (χ3n) is 5.35. The Bertz CT molecular complexity index is 1430. The van der Waals surface area contributed by atoms with Crippen LogP contribution in [0.4, 0.5) is 9.52 Å². The number of hydrogen-bond acceptors (Lipinski definition) is 8. The molecule has 3 aromatic rings. The van der Waals surface area contributed by atoms with Crippen LogP contribution in [-0.2, 0) is 30.6 Å². The minimum absolute atomic E-state index is 0.0902. The smallest absolute Gasteiger partial charge is 0.311 e. The Labute approximate surface area is 226 Å². The molecule has 0 saturated heterocycles. The summed E-state index contributed by atoms with van der Waals surface area (Å²) in [6.07, 6.45) is -0.332. The van der Waals surface area contributed by atoms with Gasteiger partial charge in [-0.25, -0.2) is 17.8 Å². The Kier molecular flexibility index (Phi) is 8.37. The fourth-order valence-corrected chi connectivity index (χ4v) is 6.25. The summed E-state index contributed by atoms with van der Waals surface area (Å²) in [4.78, 5) is 29.4. The lowest BCUT2D eigenvalue weighted by molar-refractivity contribution is -0.142. The maximum absolute atomic E-state index is 14.5. The molecule has 1 N–H and O–H groups in total. The minimum Gasteiger partial charge on any atom is -0.473 e. The van der Waals surface area contributed by atoms with Crippen LogP contribution in [0.1, 0.15) is 37.1 Å². The van der Waals surface area contributed by atoms with E-state index in [2.05, 4.69) is 10.3 Å². The van der Waals surface area contributed by atoms with E-state index >= 15 is 0 Å². The number of esters is 1. The zero-order chi connectivity index (χ0) is 26.7. The summed E-state index contributed by atoms with van der Waals surface area (Å²) in [6, 6.07) is 9.39. The monoisotopic (exact) mass is 586 g/mol. The van der Waals surface area contributed by atoms with Crippen LogP contribution >= 0.6 is 34.5 Å². The zero-order valence-corrected chi connectivity index (χ0v) is 22.5. The lowest BCUT2D eigenvalue weighted by Gasteiger charge is -2.19. The Balaban J connectivity index is 1.60. The Morgan fingerprint density at radius 2 is 1.89 bits per heavy atom.